The van der Waals surface area contributed by atoms with E-state index in [1.54, 1.807) is 6.20 Å². The topological polar surface area (TPSA) is 37.8 Å². The third-order valence-corrected chi connectivity index (χ3v) is 3.61. The Bertz CT molecular complexity index is 705. The van der Waals surface area contributed by atoms with Gasteiger partial charge in [-0.05, 0) is 46.1 Å². The Labute approximate surface area is 126 Å². The molecule has 2 aromatic heterocycles. The van der Waals surface area contributed by atoms with Gasteiger partial charge in [0.2, 0.25) is 0 Å². The van der Waals surface area contributed by atoms with E-state index in [0.29, 0.717) is 0 Å². The van der Waals surface area contributed by atoms with E-state index in [-0.39, 0.29) is 0 Å². The van der Waals surface area contributed by atoms with Crippen molar-refractivity contribution in [2.45, 2.75) is 6.42 Å². The van der Waals surface area contributed by atoms with Crippen LogP contribution in [0.2, 0.25) is 0 Å². The SMILES string of the molecule is Brc1ccc(NCCc2cccc3cccnc23)nc1. The summed E-state index contributed by atoms with van der Waals surface area (Å²) in [5.74, 6) is 0.890. The van der Waals surface area contributed by atoms with Gasteiger partial charge in [0.25, 0.3) is 0 Å². The number of hydrogen-bond acceptors (Lipinski definition) is 3. The second-order valence-electron chi connectivity index (χ2n) is 4.53. The lowest BCUT2D eigenvalue weighted by molar-refractivity contribution is 1.01. The van der Waals surface area contributed by atoms with Gasteiger partial charge in [0.1, 0.15) is 5.82 Å². The van der Waals surface area contributed by atoms with Gasteiger partial charge < -0.3 is 5.32 Å². The fourth-order valence-corrected chi connectivity index (χ4v) is 2.41. The average molecular weight is 328 g/mol. The normalized spacial score (nSPS) is 10.7. The van der Waals surface area contributed by atoms with Crippen molar-refractivity contribution in [3.63, 3.8) is 0 Å². The van der Waals surface area contributed by atoms with Gasteiger partial charge in [0.05, 0.1) is 5.52 Å². The number of fused-ring (bicyclic) bond motifs is 1. The quantitative estimate of drug-likeness (QED) is 0.785. The largest absolute Gasteiger partial charge is 0.370 e. The number of pyridine rings is 2. The van der Waals surface area contributed by atoms with Gasteiger partial charge in [-0.1, -0.05) is 24.3 Å². The van der Waals surface area contributed by atoms with E-state index in [1.807, 2.05) is 24.4 Å². The van der Waals surface area contributed by atoms with Crippen molar-refractivity contribution in [2.24, 2.45) is 0 Å². The van der Waals surface area contributed by atoms with Crippen molar-refractivity contribution in [1.82, 2.24) is 9.97 Å². The predicted molar refractivity (Wildman–Crippen MR) is 85.9 cm³/mol. The zero-order chi connectivity index (χ0) is 13.8. The molecule has 1 N–H and O–H groups in total. The Hall–Kier alpha value is -1.94. The minimum Gasteiger partial charge on any atom is -0.370 e. The Morgan fingerprint density at radius 1 is 1.00 bits per heavy atom. The van der Waals surface area contributed by atoms with E-state index >= 15 is 0 Å². The summed E-state index contributed by atoms with van der Waals surface area (Å²) >= 11 is 3.38. The van der Waals surface area contributed by atoms with Gasteiger partial charge in [-0.15, -0.1) is 0 Å². The first-order valence-corrected chi connectivity index (χ1v) is 7.30. The Morgan fingerprint density at radius 2 is 1.90 bits per heavy atom. The molecule has 2 heterocycles. The van der Waals surface area contributed by atoms with Crippen LogP contribution >= 0.6 is 15.9 Å². The number of nitrogens with zero attached hydrogens (tertiary/aromatic N) is 2. The van der Waals surface area contributed by atoms with Crippen molar-refractivity contribution < 1.29 is 0 Å². The van der Waals surface area contributed by atoms with Crippen LogP contribution in [-0.4, -0.2) is 16.5 Å². The number of halogens is 1. The smallest absolute Gasteiger partial charge is 0.125 e. The van der Waals surface area contributed by atoms with E-state index in [2.05, 4.69) is 55.5 Å². The second-order valence-corrected chi connectivity index (χ2v) is 5.45. The molecule has 1 aromatic carbocycles. The molecular weight excluding hydrogens is 314 g/mol. The second kappa shape index (κ2) is 6.01. The number of rotatable bonds is 4. The molecule has 0 spiro atoms. The summed E-state index contributed by atoms with van der Waals surface area (Å²) < 4.78 is 0.987. The summed E-state index contributed by atoms with van der Waals surface area (Å²) in [6.45, 7) is 0.838. The highest BCUT2D eigenvalue weighted by atomic mass is 79.9. The van der Waals surface area contributed by atoms with Gasteiger partial charge in [0.15, 0.2) is 0 Å². The Kier molecular flexibility index (Phi) is 3.92. The molecule has 0 aliphatic rings. The molecule has 0 saturated heterocycles. The molecule has 3 aromatic rings. The van der Waals surface area contributed by atoms with Crippen LogP contribution in [0.5, 0.6) is 0 Å². The van der Waals surface area contributed by atoms with Crippen molar-refractivity contribution >= 4 is 32.7 Å². The molecule has 0 bridgehead atoms. The van der Waals surface area contributed by atoms with Crippen LogP contribution in [0.1, 0.15) is 5.56 Å². The zero-order valence-electron chi connectivity index (χ0n) is 10.9. The fourth-order valence-electron chi connectivity index (χ4n) is 2.17. The van der Waals surface area contributed by atoms with E-state index in [9.17, 15) is 0 Å². The highest BCUT2D eigenvalue weighted by Crippen LogP contribution is 2.16. The molecule has 100 valence electrons. The minimum absolute atomic E-state index is 0.838. The molecule has 0 saturated carbocycles. The van der Waals surface area contributed by atoms with Crippen LogP contribution in [0, 0.1) is 0 Å². The summed E-state index contributed by atoms with van der Waals surface area (Å²) in [6.07, 6.45) is 4.56. The third-order valence-electron chi connectivity index (χ3n) is 3.14. The number of aromatic nitrogens is 2. The molecule has 0 aliphatic carbocycles. The predicted octanol–water partition coefficient (Wildman–Crippen LogP) is 4.05. The lowest BCUT2D eigenvalue weighted by atomic mass is 10.1. The first-order valence-electron chi connectivity index (χ1n) is 6.51. The number of para-hydroxylation sites is 1. The van der Waals surface area contributed by atoms with Crippen molar-refractivity contribution in [3.05, 3.63) is 64.9 Å². The Morgan fingerprint density at radius 3 is 2.75 bits per heavy atom. The summed E-state index contributed by atoms with van der Waals surface area (Å²) in [4.78, 5) is 8.77. The molecular formula is C16H14BrN3. The Balaban J connectivity index is 1.69. The van der Waals surface area contributed by atoms with Crippen LogP contribution < -0.4 is 5.32 Å². The molecule has 0 radical (unpaired) electrons. The fraction of sp³-hybridized carbons (Fsp3) is 0.125. The summed E-state index contributed by atoms with van der Waals surface area (Å²) in [6, 6.07) is 14.3. The first kappa shape index (κ1) is 13.1. The van der Waals surface area contributed by atoms with Gasteiger partial charge in [-0.25, -0.2) is 4.98 Å². The molecule has 0 aliphatic heterocycles. The standard InChI is InChI=1S/C16H14BrN3/c17-14-6-7-15(20-11-14)18-10-8-13-4-1-3-12-5-2-9-19-16(12)13/h1-7,9,11H,8,10H2,(H,18,20). The summed E-state index contributed by atoms with van der Waals surface area (Å²) in [5.41, 5.74) is 2.34. The van der Waals surface area contributed by atoms with E-state index in [1.165, 1.54) is 10.9 Å². The van der Waals surface area contributed by atoms with Crippen molar-refractivity contribution in [1.29, 1.82) is 0 Å². The molecule has 4 heteroatoms. The molecule has 0 amide bonds. The molecule has 3 rings (SSSR count). The molecule has 0 fully saturated rings. The molecule has 3 nitrogen and oxygen atoms in total. The highest BCUT2D eigenvalue weighted by molar-refractivity contribution is 9.10. The maximum atomic E-state index is 4.47. The number of nitrogens with one attached hydrogen (secondary N) is 1. The maximum absolute atomic E-state index is 4.47. The van der Waals surface area contributed by atoms with Gasteiger partial charge in [0, 0.05) is 28.8 Å². The van der Waals surface area contributed by atoms with Crippen LogP contribution in [0.25, 0.3) is 10.9 Å². The minimum atomic E-state index is 0.838. The third kappa shape index (κ3) is 2.96. The lowest BCUT2D eigenvalue weighted by Crippen LogP contribution is -2.06. The zero-order valence-corrected chi connectivity index (χ0v) is 12.5. The molecule has 0 atom stereocenters. The van der Waals surface area contributed by atoms with E-state index < -0.39 is 0 Å². The van der Waals surface area contributed by atoms with Crippen molar-refractivity contribution in [3.8, 4) is 0 Å². The maximum Gasteiger partial charge on any atom is 0.125 e. The number of benzene rings is 1. The monoisotopic (exact) mass is 327 g/mol. The van der Waals surface area contributed by atoms with E-state index in [4.69, 9.17) is 0 Å². The van der Waals surface area contributed by atoms with Gasteiger partial charge in [-0.2, -0.15) is 0 Å². The van der Waals surface area contributed by atoms with E-state index in [0.717, 1.165) is 28.8 Å². The summed E-state index contributed by atoms with van der Waals surface area (Å²) in [7, 11) is 0. The summed E-state index contributed by atoms with van der Waals surface area (Å²) in [5, 5.41) is 4.51. The van der Waals surface area contributed by atoms with Crippen LogP contribution in [0.4, 0.5) is 5.82 Å². The first-order chi connectivity index (χ1) is 9.83. The van der Waals surface area contributed by atoms with Gasteiger partial charge in [-0.3, -0.25) is 4.98 Å². The van der Waals surface area contributed by atoms with Gasteiger partial charge >= 0.3 is 0 Å². The number of anilines is 1. The number of hydrogen-bond donors (Lipinski definition) is 1. The van der Waals surface area contributed by atoms with Crippen LogP contribution in [0.15, 0.2) is 59.3 Å². The van der Waals surface area contributed by atoms with Crippen LogP contribution in [0.3, 0.4) is 0 Å². The highest BCUT2D eigenvalue weighted by Gasteiger charge is 2.01. The van der Waals surface area contributed by atoms with Crippen molar-refractivity contribution in [2.75, 3.05) is 11.9 Å². The molecule has 20 heavy (non-hydrogen) atoms. The van der Waals surface area contributed by atoms with Crippen LogP contribution in [-0.2, 0) is 6.42 Å². The lowest BCUT2D eigenvalue weighted by Gasteiger charge is -2.07. The molecule has 0 unspecified atom stereocenters. The average Bonchev–Trinajstić information content (AvgIpc) is 2.49.